The van der Waals surface area contributed by atoms with Gasteiger partial charge in [-0.15, -0.1) is 0 Å². The van der Waals surface area contributed by atoms with Crippen LogP contribution in [0.2, 0.25) is 0 Å². The third-order valence-electron chi connectivity index (χ3n) is 4.57. The van der Waals surface area contributed by atoms with Crippen LogP contribution in [-0.2, 0) is 18.4 Å². The molecule has 2 aromatic rings. The molecule has 0 aliphatic carbocycles. The van der Waals surface area contributed by atoms with Gasteiger partial charge in [0.1, 0.15) is 5.52 Å². The van der Waals surface area contributed by atoms with E-state index in [9.17, 15) is 14.7 Å². The molecule has 0 saturated carbocycles. The van der Waals surface area contributed by atoms with Crippen LogP contribution in [0.3, 0.4) is 0 Å². The van der Waals surface area contributed by atoms with Gasteiger partial charge in [-0.3, -0.25) is 18.8 Å². The van der Waals surface area contributed by atoms with Crippen LogP contribution in [0.5, 0.6) is 0 Å². The van der Waals surface area contributed by atoms with E-state index in [0.717, 1.165) is 0 Å². The molecule has 1 saturated heterocycles. The zero-order valence-corrected chi connectivity index (χ0v) is 14.3. The summed E-state index contributed by atoms with van der Waals surface area (Å²) in [5, 5.41) is 14.9. The number of aliphatic hydroxyl groups is 1. The Kier molecular flexibility index (Phi) is 4.16. The highest BCUT2D eigenvalue weighted by Gasteiger charge is 2.35. The van der Waals surface area contributed by atoms with E-state index in [2.05, 4.69) is 10.1 Å². The molecule has 0 radical (unpaired) electrons. The number of carbonyl (C=O) groups excluding carboxylic acids is 1. The van der Waals surface area contributed by atoms with Crippen molar-refractivity contribution >= 4 is 16.9 Å². The maximum absolute atomic E-state index is 12.5. The number of carbonyl (C=O) groups is 1. The lowest BCUT2D eigenvalue weighted by atomic mass is 9.90. The molecule has 130 valence electrons. The number of hydrogen-bond acceptors (Lipinski definition) is 5. The second-order valence-corrected chi connectivity index (χ2v) is 6.92. The summed E-state index contributed by atoms with van der Waals surface area (Å²) in [4.78, 5) is 30.5. The van der Waals surface area contributed by atoms with Gasteiger partial charge >= 0.3 is 0 Å². The van der Waals surface area contributed by atoms with Gasteiger partial charge in [0.25, 0.3) is 5.56 Å². The van der Waals surface area contributed by atoms with E-state index in [-0.39, 0.29) is 23.9 Å². The minimum absolute atomic E-state index is 0.0467. The highest BCUT2D eigenvalue weighted by Crippen LogP contribution is 2.24. The van der Waals surface area contributed by atoms with Gasteiger partial charge < -0.3 is 10.0 Å². The van der Waals surface area contributed by atoms with E-state index in [4.69, 9.17) is 0 Å². The fraction of sp³-hybridized carbons (Fsp3) is 0.625. The summed E-state index contributed by atoms with van der Waals surface area (Å²) in [6.07, 6.45) is 4.03. The van der Waals surface area contributed by atoms with Gasteiger partial charge in [0.2, 0.25) is 5.91 Å². The summed E-state index contributed by atoms with van der Waals surface area (Å²) in [6.45, 7) is 4.91. The summed E-state index contributed by atoms with van der Waals surface area (Å²) in [5.74, 6) is 0.0559. The first-order valence-electron chi connectivity index (χ1n) is 8.19. The lowest BCUT2D eigenvalue weighted by molar-refractivity contribution is -0.139. The molecule has 8 nitrogen and oxygen atoms in total. The first-order valence-corrected chi connectivity index (χ1v) is 8.19. The Morgan fingerprint density at radius 1 is 1.38 bits per heavy atom. The van der Waals surface area contributed by atoms with Gasteiger partial charge in [0, 0.05) is 26.1 Å². The number of rotatable bonds is 3. The molecule has 0 atom stereocenters. The Labute approximate surface area is 139 Å². The number of hydrogen-bond donors (Lipinski definition) is 1. The molecule has 1 fully saturated rings. The van der Waals surface area contributed by atoms with E-state index < -0.39 is 5.60 Å². The molecule has 8 heteroatoms. The van der Waals surface area contributed by atoms with Gasteiger partial charge in [-0.2, -0.15) is 5.10 Å². The maximum Gasteiger partial charge on any atom is 0.281 e. The number of fused-ring (bicyclic) bond motifs is 1. The van der Waals surface area contributed by atoms with Gasteiger partial charge in [0.05, 0.1) is 24.7 Å². The molecule has 24 heavy (non-hydrogen) atoms. The number of piperidine rings is 1. The van der Waals surface area contributed by atoms with Crippen molar-refractivity contribution in [3.05, 3.63) is 22.9 Å². The molecule has 3 heterocycles. The van der Waals surface area contributed by atoms with E-state index in [1.165, 1.54) is 10.9 Å². The average molecular weight is 333 g/mol. The Balaban J connectivity index is 1.76. The minimum Gasteiger partial charge on any atom is -0.388 e. The van der Waals surface area contributed by atoms with Crippen LogP contribution < -0.4 is 5.56 Å². The first-order chi connectivity index (χ1) is 11.3. The topological polar surface area (TPSA) is 93.2 Å². The summed E-state index contributed by atoms with van der Waals surface area (Å²) < 4.78 is 2.96. The molecular weight excluding hydrogens is 310 g/mol. The Morgan fingerprint density at radius 2 is 2.04 bits per heavy atom. The van der Waals surface area contributed by atoms with E-state index in [0.29, 0.717) is 37.0 Å². The van der Waals surface area contributed by atoms with Gasteiger partial charge in [-0.1, -0.05) is 13.8 Å². The summed E-state index contributed by atoms with van der Waals surface area (Å²) in [7, 11) is 1.74. The quantitative estimate of drug-likeness (QED) is 0.862. The average Bonchev–Trinajstić information content (AvgIpc) is 2.91. The van der Waals surface area contributed by atoms with Crippen molar-refractivity contribution in [1.82, 2.24) is 24.2 Å². The van der Waals surface area contributed by atoms with Crippen LogP contribution in [0.15, 0.2) is 17.3 Å². The molecule has 2 aromatic heterocycles. The van der Waals surface area contributed by atoms with Crippen LogP contribution in [0, 0.1) is 5.92 Å². The number of aryl methyl sites for hydroxylation is 1. The van der Waals surface area contributed by atoms with Gasteiger partial charge in [-0.05, 0) is 12.8 Å². The van der Waals surface area contributed by atoms with Gasteiger partial charge in [0.15, 0.2) is 5.52 Å². The highest BCUT2D eigenvalue weighted by molar-refractivity contribution is 5.78. The van der Waals surface area contributed by atoms with Crippen molar-refractivity contribution in [2.24, 2.45) is 13.0 Å². The summed E-state index contributed by atoms with van der Waals surface area (Å²) in [6, 6.07) is 0. The smallest absolute Gasteiger partial charge is 0.281 e. The molecular formula is C16H23N5O3. The molecule has 1 amide bonds. The van der Waals surface area contributed by atoms with Gasteiger partial charge in [-0.25, -0.2) is 4.98 Å². The van der Waals surface area contributed by atoms with Crippen molar-refractivity contribution in [3.8, 4) is 0 Å². The SMILES string of the molecule is CC(C)C(=O)N1CCC(O)(Cn2cnc3cn(C)nc3c2=O)CC1. The van der Waals surface area contributed by atoms with Crippen LogP contribution >= 0.6 is 0 Å². The Hall–Kier alpha value is -2.22. The summed E-state index contributed by atoms with van der Waals surface area (Å²) >= 11 is 0. The van der Waals surface area contributed by atoms with Crippen LogP contribution in [0.4, 0.5) is 0 Å². The second-order valence-electron chi connectivity index (χ2n) is 6.92. The molecule has 3 rings (SSSR count). The standard InChI is InChI=1S/C16H23N5O3/c1-11(2)14(22)20-6-4-16(24,5-7-20)9-21-10-17-12-8-19(3)18-13(12)15(21)23/h8,10-11,24H,4-7,9H2,1-3H3. The monoisotopic (exact) mass is 333 g/mol. The van der Waals surface area contributed by atoms with Crippen molar-refractivity contribution in [2.75, 3.05) is 13.1 Å². The number of likely N-dealkylation sites (tertiary alicyclic amines) is 1. The molecule has 1 aliphatic heterocycles. The van der Waals surface area contributed by atoms with E-state index >= 15 is 0 Å². The molecule has 0 aromatic carbocycles. The highest BCUT2D eigenvalue weighted by atomic mass is 16.3. The molecule has 0 spiro atoms. The third kappa shape index (κ3) is 3.06. The van der Waals surface area contributed by atoms with E-state index in [1.807, 2.05) is 13.8 Å². The third-order valence-corrected chi connectivity index (χ3v) is 4.57. The largest absolute Gasteiger partial charge is 0.388 e. The van der Waals surface area contributed by atoms with Crippen molar-refractivity contribution in [3.63, 3.8) is 0 Å². The lowest BCUT2D eigenvalue weighted by Gasteiger charge is -2.39. The predicted octanol–water partition coefficient (Wildman–Crippen LogP) is 0.139. The maximum atomic E-state index is 12.5. The molecule has 0 bridgehead atoms. The first kappa shape index (κ1) is 16.6. The molecule has 0 unspecified atom stereocenters. The van der Waals surface area contributed by atoms with Crippen LogP contribution in [0.1, 0.15) is 26.7 Å². The van der Waals surface area contributed by atoms with Crippen LogP contribution in [-0.4, -0.2) is 53.9 Å². The lowest BCUT2D eigenvalue weighted by Crippen LogP contribution is -2.50. The number of nitrogens with zero attached hydrogens (tertiary/aromatic N) is 5. The zero-order chi connectivity index (χ0) is 17.5. The van der Waals surface area contributed by atoms with Crippen molar-refractivity contribution < 1.29 is 9.90 Å². The minimum atomic E-state index is -1.01. The fourth-order valence-corrected chi connectivity index (χ4v) is 3.14. The van der Waals surface area contributed by atoms with Crippen LogP contribution in [0.25, 0.3) is 11.0 Å². The number of aromatic nitrogens is 4. The second kappa shape index (κ2) is 6.01. The molecule has 1 N–H and O–H groups in total. The molecule has 1 aliphatic rings. The zero-order valence-electron chi connectivity index (χ0n) is 14.3. The predicted molar refractivity (Wildman–Crippen MR) is 88.4 cm³/mol. The normalized spacial score (nSPS) is 17.6. The van der Waals surface area contributed by atoms with E-state index in [1.54, 1.807) is 22.8 Å². The number of amides is 1. The summed E-state index contributed by atoms with van der Waals surface area (Å²) in [5.41, 5.74) is -0.421. The Bertz CT molecular complexity index is 815. The Morgan fingerprint density at radius 3 is 2.67 bits per heavy atom. The van der Waals surface area contributed by atoms with Crippen molar-refractivity contribution in [2.45, 2.75) is 38.8 Å². The van der Waals surface area contributed by atoms with Crippen molar-refractivity contribution in [1.29, 1.82) is 0 Å². The fourth-order valence-electron chi connectivity index (χ4n) is 3.14.